The summed E-state index contributed by atoms with van der Waals surface area (Å²) in [6.45, 7) is 9.39. The number of benzene rings is 1. The highest BCUT2D eigenvalue weighted by atomic mass is 79.9. The summed E-state index contributed by atoms with van der Waals surface area (Å²) < 4.78 is 6.28. The molecule has 1 aromatic rings. The number of hydrogen-bond acceptors (Lipinski definition) is 3. The van der Waals surface area contributed by atoms with E-state index in [4.69, 9.17) is 4.74 Å². The molecule has 0 radical (unpaired) electrons. The molecule has 0 atom stereocenters. The minimum atomic E-state index is -0.510. The topological polar surface area (TPSA) is 61.9 Å². The zero-order valence-corrected chi connectivity index (χ0v) is 16.1. The molecule has 1 aliphatic rings. The summed E-state index contributed by atoms with van der Waals surface area (Å²) in [5.74, 6) is 0. The third kappa shape index (κ3) is 5.12. The van der Waals surface area contributed by atoms with Gasteiger partial charge in [-0.25, -0.2) is 9.59 Å². The van der Waals surface area contributed by atoms with Crippen LogP contribution in [0, 0.1) is 6.92 Å². The molecule has 1 fully saturated rings. The SMILES string of the molecule is Cc1ccc(Br)cc1NC(=O)N1CCN(C(=O)OC(C)(C)C)CC1. The number of rotatable bonds is 1. The Labute approximate surface area is 151 Å². The number of amides is 3. The highest BCUT2D eigenvalue weighted by Gasteiger charge is 2.27. The highest BCUT2D eigenvalue weighted by molar-refractivity contribution is 9.10. The number of urea groups is 1. The minimum Gasteiger partial charge on any atom is -0.444 e. The van der Waals surface area contributed by atoms with E-state index in [2.05, 4.69) is 21.2 Å². The van der Waals surface area contributed by atoms with Gasteiger partial charge in [0, 0.05) is 36.3 Å². The maximum absolute atomic E-state index is 12.4. The summed E-state index contributed by atoms with van der Waals surface area (Å²) in [5.41, 5.74) is 1.27. The van der Waals surface area contributed by atoms with Crippen molar-refractivity contribution in [3.05, 3.63) is 28.2 Å². The van der Waals surface area contributed by atoms with Gasteiger partial charge in [-0.1, -0.05) is 22.0 Å². The molecule has 24 heavy (non-hydrogen) atoms. The van der Waals surface area contributed by atoms with E-state index in [1.165, 1.54) is 0 Å². The van der Waals surface area contributed by atoms with Crippen molar-refractivity contribution in [2.45, 2.75) is 33.3 Å². The van der Waals surface area contributed by atoms with Crippen molar-refractivity contribution in [3.8, 4) is 0 Å². The number of nitrogens with one attached hydrogen (secondary N) is 1. The second kappa shape index (κ2) is 7.42. The molecule has 3 amide bonds. The van der Waals surface area contributed by atoms with E-state index in [9.17, 15) is 9.59 Å². The number of anilines is 1. The Hall–Kier alpha value is -1.76. The molecule has 1 heterocycles. The van der Waals surface area contributed by atoms with Gasteiger partial charge in [0.15, 0.2) is 0 Å². The molecule has 1 aliphatic heterocycles. The summed E-state index contributed by atoms with van der Waals surface area (Å²) in [6, 6.07) is 5.61. The largest absolute Gasteiger partial charge is 0.444 e. The Bertz CT molecular complexity index is 620. The first-order valence-corrected chi connectivity index (χ1v) is 8.75. The summed E-state index contributed by atoms with van der Waals surface area (Å²) in [6.07, 6.45) is -0.328. The molecule has 0 spiro atoms. The molecule has 0 aromatic heterocycles. The summed E-state index contributed by atoms with van der Waals surface area (Å²) in [7, 11) is 0. The van der Waals surface area contributed by atoms with Crippen LogP contribution in [0.2, 0.25) is 0 Å². The van der Waals surface area contributed by atoms with Gasteiger partial charge < -0.3 is 19.9 Å². The van der Waals surface area contributed by atoms with Gasteiger partial charge in [0.2, 0.25) is 0 Å². The van der Waals surface area contributed by atoms with Crippen molar-refractivity contribution >= 4 is 33.7 Å². The van der Waals surface area contributed by atoms with E-state index < -0.39 is 5.60 Å². The second-order valence-corrected chi connectivity index (χ2v) is 7.76. The van der Waals surface area contributed by atoms with Crippen LogP contribution in [0.15, 0.2) is 22.7 Å². The maximum Gasteiger partial charge on any atom is 0.410 e. The van der Waals surface area contributed by atoms with E-state index in [0.29, 0.717) is 26.2 Å². The predicted molar refractivity (Wildman–Crippen MR) is 97.3 cm³/mol. The van der Waals surface area contributed by atoms with Crippen molar-refractivity contribution in [1.29, 1.82) is 0 Å². The number of piperazine rings is 1. The van der Waals surface area contributed by atoms with Crippen LogP contribution in [0.3, 0.4) is 0 Å². The molecule has 1 aromatic carbocycles. The van der Waals surface area contributed by atoms with Gasteiger partial charge in [-0.15, -0.1) is 0 Å². The van der Waals surface area contributed by atoms with E-state index in [1.54, 1.807) is 9.80 Å². The summed E-state index contributed by atoms with van der Waals surface area (Å²) in [5, 5.41) is 2.93. The first-order valence-electron chi connectivity index (χ1n) is 7.96. The third-order valence-corrected chi connectivity index (χ3v) is 4.15. The van der Waals surface area contributed by atoms with E-state index in [1.807, 2.05) is 45.9 Å². The molecule has 1 N–H and O–H groups in total. The zero-order valence-electron chi connectivity index (χ0n) is 14.6. The lowest BCUT2D eigenvalue weighted by Gasteiger charge is -2.35. The number of aryl methyl sites for hydroxylation is 1. The lowest BCUT2D eigenvalue weighted by atomic mass is 10.2. The minimum absolute atomic E-state index is 0.153. The highest BCUT2D eigenvalue weighted by Crippen LogP contribution is 2.21. The fourth-order valence-electron chi connectivity index (χ4n) is 2.34. The molecule has 0 unspecified atom stereocenters. The Morgan fingerprint density at radius 2 is 1.71 bits per heavy atom. The van der Waals surface area contributed by atoms with Gasteiger partial charge >= 0.3 is 12.1 Å². The summed E-state index contributed by atoms with van der Waals surface area (Å²) >= 11 is 3.41. The van der Waals surface area contributed by atoms with Gasteiger partial charge in [0.1, 0.15) is 5.60 Å². The van der Waals surface area contributed by atoms with Crippen LogP contribution in [-0.2, 0) is 4.74 Å². The Morgan fingerprint density at radius 3 is 2.29 bits per heavy atom. The van der Waals surface area contributed by atoms with Crippen LogP contribution < -0.4 is 5.32 Å². The van der Waals surface area contributed by atoms with Crippen LogP contribution in [0.25, 0.3) is 0 Å². The van der Waals surface area contributed by atoms with E-state index in [-0.39, 0.29) is 12.1 Å². The fourth-order valence-corrected chi connectivity index (χ4v) is 2.70. The quantitative estimate of drug-likeness (QED) is 0.782. The Balaban J connectivity index is 1.89. The molecule has 2 rings (SSSR count). The number of hydrogen-bond donors (Lipinski definition) is 1. The number of carbonyl (C=O) groups is 2. The molecular weight excluding hydrogens is 374 g/mol. The van der Waals surface area contributed by atoms with Gasteiger partial charge in [0.25, 0.3) is 0 Å². The van der Waals surface area contributed by atoms with Crippen LogP contribution in [0.1, 0.15) is 26.3 Å². The van der Waals surface area contributed by atoms with Gasteiger partial charge in [0.05, 0.1) is 0 Å². The lowest BCUT2D eigenvalue weighted by Crippen LogP contribution is -2.52. The van der Waals surface area contributed by atoms with Crippen LogP contribution in [0.4, 0.5) is 15.3 Å². The van der Waals surface area contributed by atoms with E-state index >= 15 is 0 Å². The second-order valence-electron chi connectivity index (χ2n) is 6.84. The average molecular weight is 398 g/mol. The predicted octanol–water partition coefficient (Wildman–Crippen LogP) is 3.84. The number of carbonyl (C=O) groups excluding carboxylic acids is 2. The molecule has 6 nitrogen and oxygen atoms in total. The normalized spacial score (nSPS) is 15.2. The molecule has 0 aliphatic carbocycles. The monoisotopic (exact) mass is 397 g/mol. The van der Waals surface area contributed by atoms with Gasteiger partial charge in [-0.2, -0.15) is 0 Å². The van der Waals surface area contributed by atoms with Crippen LogP contribution >= 0.6 is 15.9 Å². The smallest absolute Gasteiger partial charge is 0.410 e. The standard InChI is InChI=1S/C17H24BrN3O3/c1-12-5-6-13(18)11-14(12)19-15(22)20-7-9-21(10-8-20)16(23)24-17(2,3)4/h5-6,11H,7-10H2,1-4H3,(H,19,22). The van der Waals surface area contributed by atoms with Crippen molar-refractivity contribution in [1.82, 2.24) is 9.80 Å². The molecule has 0 saturated carbocycles. The third-order valence-electron chi connectivity index (χ3n) is 3.66. The van der Waals surface area contributed by atoms with Gasteiger partial charge in [-0.3, -0.25) is 0 Å². The van der Waals surface area contributed by atoms with Crippen molar-refractivity contribution < 1.29 is 14.3 Å². The molecule has 132 valence electrons. The fraction of sp³-hybridized carbons (Fsp3) is 0.529. The molecule has 7 heteroatoms. The Kier molecular flexibility index (Phi) is 5.74. The number of ether oxygens (including phenoxy) is 1. The van der Waals surface area contributed by atoms with Gasteiger partial charge in [-0.05, 0) is 45.4 Å². The maximum atomic E-state index is 12.4. The summed E-state index contributed by atoms with van der Waals surface area (Å²) in [4.78, 5) is 27.8. The van der Waals surface area contributed by atoms with E-state index in [0.717, 1.165) is 15.7 Å². The first-order chi connectivity index (χ1) is 11.2. The Morgan fingerprint density at radius 1 is 1.12 bits per heavy atom. The molecular formula is C17H24BrN3O3. The van der Waals surface area contributed by atoms with Crippen LogP contribution in [0.5, 0.6) is 0 Å². The van der Waals surface area contributed by atoms with Crippen molar-refractivity contribution in [2.75, 3.05) is 31.5 Å². The first kappa shape index (κ1) is 18.6. The molecule has 1 saturated heterocycles. The molecule has 0 bridgehead atoms. The number of nitrogens with zero attached hydrogens (tertiary/aromatic N) is 2. The van der Waals surface area contributed by atoms with Crippen molar-refractivity contribution in [2.24, 2.45) is 0 Å². The number of halogens is 1. The lowest BCUT2D eigenvalue weighted by molar-refractivity contribution is 0.0174. The average Bonchev–Trinajstić information content (AvgIpc) is 2.49. The zero-order chi connectivity index (χ0) is 17.9. The van der Waals surface area contributed by atoms with Crippen molar-refractivity contribution in [3.63, 3.8) is 0 Å². The van der Waals surface area contributed by atoms with Crippen LogP contribution in [-0.4, -0.2) is 53.7 Å².